The molecule has 0 spiro atoms. The number of aromatic hydroxyl groups is 1. The molecule has 1 saturated heterocycles. The zero-order chi connectivity index (χ0) is 20.3. The number of nitrogens with zero attached hydrogens (tertiary/aromatic N) is 6. The second-order valence-corrected chi connectivity index (χ2v) is 7.63. The fourth-order valence-corrected chi connectivity index (χ4v) is 4.00. The van der Waals surface area contributed by atoms with Gasteiger partial charge in [-0.25, -0.2) is 9.97 Å². The number of morpholine rings is 1. The van der Waals surface area contributed by atoms with Gasteiger partial charge in [0.1, 0.15) is 18.2 Å². The lowest BCUT2D eigenvalue weighted by Crippen LogP contribution is -2.37. The van der Waals surface area contributed by atoms with Gasteiger partial charge in [-0.3, -0.25) is 0 Å². The second-order valence-electron chi connectivity index (χ2n) is 7.63. The molecule has 158 valence electrons. The van der Waals surface area contributed by atoms with Crippen molar-refractivity contribution >= 4 is 17.3 Å². The van der Waals surface area contributed by atoms with Crippen LogP contribution in [0.5, 0.6) is 11.8 Å². The van der Waals surface area contributed by atoms with Gasteiger partial charge in [0, 0.05) is 31.4 Å². The second kappa shape index (κ2) is 8.31. The zero-order valence-electron chi connectivity index (χ0n) is 16.6. The number of pyridine rings is 1. The maximum absolute atomic E-state index is 9.92. The molecule has 0 aromatic carbocycles. The van der Waals surface area contributed by atoms with E-state index in [2.05, 4.69) is 25.3 Å². The van der Waals surface area contributed by atoms with Gasteiger partial charge < -0.3 is 24.8 Å². The Morgan fingerprint density at radius 1 is 1.13 bits per heavy atom. The molecule has 0 bridgehead atoms. The van der Waals surface area contributed by atoms with Crippen LogP contribution in [0.15, 0.2) is 30.7 Å². The standard InChI is InChI=1S/C20H25N7O3/c28-16-2-1-7-21-19(16)24-14-3-5-15(6-4-14)30-20-25-18(26-8-10-29-11-9-26)12-17-22-13-23-27(17)20/h1-2,7,12-15,28H,3-6,8-11H2,(H,21,24)/t14-,15+. The molecule has 3 aromatic heterocycles. The molecule has 10 nitrogen and oxygen atoms in total. The summed E-state index contributed by atoms with van der Waals surface area (Å²) in [6, 6.07) is 6.02. The van der Waals surface area contributed by atoms with Crippen molar-refractivity contribution in [2.24, 2.45) is 0 Å². The average molecular weight is 411 g/mol. The van der Waals surface area contributed by atoms with E-state index in [0.717, 1.165) is 50.2 Å². The van der Waals surface area contributed by atoms with Gasteiger partial charge >= 0.3 is 6.01 Å². The molecular weight excluding hydrogens is 386 g/mol. The molecule has 3 aromatic rings. The van der Waals surface area contributed by atoms with Crippen LogP contribution < -0.4 is 15.0 Å². The highest BCUT2D eigenvalue weighted by molar-refractivity contribution is 5.52. The van der Waals surface area contributed by atoms with Crippen molar-refractivity contribution in [1.29, 1.82) is 0 Å². The summed E-state index contributed by atoms with van der Waals surface area (Å²) in [7, 11) is 0. The molecule has 5 rings (SSSR count). The highest BCUT2D eigenvalue weighted by atomic mass is 16.5. The Bertz CT molecular complexity index is 997. The summed E-state index contributed by atoms with van der Waals surface area (Å²) < 4.78 is 13.4. The van der Waals surface area contributed by atoms with Gasteiger partial charge in [-0.05, 0) is 37.8 Å². The number of nitrogens with one attached hydrogen (secondary N) is 1. The molecule has 30 heavy (non-hydrogen) atoms. The lowest BCUT2D eigenvalue weighted by molar-refractivity contribution is 0.121. The molecule has 0 amide bonds. The molecule has 1 saturated carbocycles. The van der Waals surface area contributed by atoms with Crippen molar-refractivity contribution < 1.29 is 14.6 Å². The third-order valence-corrected chi connectivity index (χ3v) is 5.63. The molecule has 2 N–H and O–H groups in total. The summed E-state index contributed by atoms with van der Waals surface area (Å²) in [4.78, 5) is 15.5. The number of hydrogen-bond acceptors (Lipinski definition) is 9. The maximum Gasteiger partial charge on any atom is 0.321 e. The first-order chi connectivity index (χ1) is 14.8. The van der Waals surface area contributed by atoms with E-state index < -0.39 is 0 Å². The predicted molar refractivity (Wildman–Crippen MR) is 110 cm³/mol. The quantitative estimate of drug-likeness (QED) is 0.650. The molecule has 0 atom stereocenters. The van der Waals surface area contributed by atoms with Crippen molar-refractivity contribution in [3.05, 3.63) is 30.7 Å². The van der Waals surface area contributed by atoms with E-state index in [1.807, 2.05) is 6.07 Å². The van der Waals surface area contributed by atoms with Gasteiger partial charge in [0.15, 0.2) is 17.2 Å². The van der Waals surface area contributed by atoms with E-state index in [-0.39, 0.29) is 17.9 Å². The van der Waals surface area contributed by atoms with Crippen LogP contribution in [0, 0.1) is 0 Å². The van der Waals surface area contributed by atoms with E-state index in [4.69, 9.17) is 14.5 Å². The largest absolute Gasteiger partial charge is 0.504 e. The molecule has 10 heteroatoms. The normalized spacial score (nSPS) is 22.2. The van der Waals surface area contributed by atoms with E-state index in [0.29, 0.717) is 25.0 Å². The summed E-state index contributed by atoms with van der Waals surface area (Å²) in [6.07, 6.45) is 6.85. The Balaban J connectivity index is 1.26. The lowest BCUT2D eigenvalue weighted by Gasteiger charge is -2.30. The average Bonchev–Trinajstić information content (AvgIpc) is 3.26. The minimum absolute atomic E-state index is 0.0558. The van der Waals surface area contributed by atoms with E-state index >= 15 is 0 Å². The van der Waals surface area contributed by atoms with Crippen LogP contribution in [-0.4, -0.2) is 68.1 Å². The molecule has 1 aliphatic carbocycles. The molecule has 0 radical (unpaired) electrons. The minimum Gasteiger partial charge on any atom is -0.504 e. The topological polar surface area (TPSA) is 110 Å². The minimum atomic E-state index is 0.0558. The van der Waals surface area contributed by atoms with Crippen LogP contribution in [-0.2, 0) is 4.74 Å². The van der Waals surface area contributed by atoms with Crippen molar-refractivity contribution in [3.63, 3.8) is 0 Å². The van der Waals surface area contributed by atoms with Crippen LogP contribution >= 0.6 is 0 Å². The van der Waals surface area contributed by atoms with E-state index in [1.54, 1.807) is 22.8 Å². The lowest BCUT2D eigenvalue weighted by atomic mass is 9.93. The van der Waals surface area contributed by atoms with Gasteiger partial charge in [0.2, 0.25) is 0 Å². The van der Waals surface area contributed by atoms with Crippen molar-refractivity contribution in [3.8, 4) is 11.8 Å². The molecule has 2 fully saturated rings. The highest BCUT2D eigenvalue weighted by Gasteiger charge is 2.25. The number of ether oxygens (including phenoxy) is 2. The summed E-state index contributed by atoms with van der Waals surface area (Å²) in [5.41, 5.74) is 0.725. The number of fused-ring (bicyclic) bond motifs is 1. The smallest absolute Gasteiger partial charge is 0.321 e. The summed E-state index contributed by atoms with van der Waals surface area (Å²) in [6.45, 7) is 2.99. The van der Waals surface area contributed by atoms with Gasteiger partial charge in [-0.2, -0.15) is 14.6 Å². The van der Waals surface area contributed by atoms with E-state index in [9.17, 15) is 5.11 Å². The Morgan fingerprint density at radius 2 is 1.97 bits per heavy atom. The Hall–Kier alpha value is -3.14. The van der Waals surface area contributed by atoms with Crippen LogP contribution in [0.1, 0.15) is 25.7 Å². The van der Waals surface area contributed by atoms with Crippen molar-refractivity contribution in [2.75, 3.05) is 36.5 Å². The maximum atomic E-state index is 9.92. The summed E-state index contributed by atoms with van der Waals surface area (Å²) in [5, 5.41) is 17.5. The van der Waals surface area contributed by atoms with E-state index in [1.165, 1.54) is 6.33 Å². The number of hydrogen-bond donors (Lipinski definition) is 2. The Morgan fingerprint density at radius 3 is 2.77 bits per heavy atom. The predicted octanol–water partition coefficient (Wildman–Crippen LogP) is 1.86. The third kappa shape index (κ3) is 3.95. The number of aromatic nitrogens is 5. The third-order valence-electron chi connectivity index (χ3n) is 5.63. The summed E-state index contributed by atoms with van der Waals surface area (Å²) >= 11 is 0. The molecule has 2 aliphatic rings. The molecule has 1 aliphatic heterocycles. The fourth-order valence-electron chi connectivity index (χ4n) is 4.00. The fraction of sp³-hybridized carbons (Fsp3) is 0.500. The monoisotopic (exact) mass is 411 g/mol. The zero-order valence-corrected chi connectivity index (χ0v) is 16.6. The van der Waals surface area contributed by atoms with Crippen LogP contribution in [0.25, 0.3) is 5.65 Å². The molecular formula is C20H25N7O3. The Kier molecular flexibility index (Phi) is 5.22. The van der Waals surface area contributed by atoms with Gasteiger partial charge in [-0.1, -0.05) is 0 Å². The number of rotatable bonds is 5. The van der Waals surface area contributed by atoms with Gasteiger partial charge in [0.25, 0.3) is 0 Å². The van der Waals surface area contributed by atoms with Crippen LogP contribution in [0.3, 0.4) is 0 Å². The van der Waals surface area contributed by atoms with Crippen molar-refractivity contribution in [2.45, 2.75) is 37.8 Å². The SMILES string of the molecule is Oc1cccnc1N[C@H]1CC[C@@H](Oc2nc(N3CCOCC3)cc3ncnn23)CC1. The first-order valence-electron chi connectivity index (χ1n) is 10.4. The first kappa shape index (κ1) is 18.9. The van der Waals surface area contributed by atoms with Crippen molar-refractivity contribution in [1.82, 2.24) is 24.6 Å². The summed E-state index contributed by atoms with van der Waals surface area (Å²) in [5.74, 6) is 1.55. The van der Waals surface area contributed by atoms with Gasteiger partial charge in [-0.15, -0.1) is 0 Å². The Labute approximate surface area is 173 Å². The molecule has 4 heterocycles. The van der Waals surface area contributed by atoms with Crippen LogP contribution in [0.2, 0.25) is 0 Å². The number of anilines is 2. The highest BCUT2D eigenvalue weighted by Crippen LogP contribution is 2.28. The van der Waals surface area contributed by atoms with Crippen LogP contribution in [0.4, 0.5) is 11.6 Å². The molecule has 0 unspecified atom stereocenters. The van der Waals surface area contributed by atoms with Gasteiger partial charge in [0.05, 0.1) is 13.2 Å². The first-order valence-corrected chi connectivity index (χ1v) is 10.4.